The molecule has 70 valence electrons. The Bertz CT molecular complexity index is 275. The molecule has 0 aliphatic carbocycles. The van der Waals surface area contributed by atoms with Gasteiger partial charge in [0.25, 0.3) is 0 Å². The average molecular weight is 182 g/mol. The summed E-state index contributed by atoms with van der Waals surface area (Å²) in [5.74, 6) is -1.52. The Hall–Kier alpha value is -1.54. The van der Waals surface area contributed by atoms with Gasteiger partial charge in [-0.1, -0.05) is 6.58 Å². The van der Waals surface area contributed by atoms with E-state index in [1.54, 1.807) is 6.08 Å². The number of aliphatic carboxylic acids is 1. The summed E-state index contributed by atoms with van der Waals surface area (Å²) in [6, 6.07) is 0. The van der Waals surface area contributed by atoms with Crippen molar-refractivity contribution in [3.8, 4) is 0 Å². The van der Waals surface area contributed by atoms with Gasteiger partial charge in [-0.25, -0.2) is 0 Å². The molecule has 0 aromatic carbocycles. The SMILES string of the molecule is C=C=CC1CC(=O)OC1CC(=O)O. The molecule has 1 aliphatic rings. The van der Waals surface area contributed by atoms with Gasteiger partial charge in [-0.05, 0) is 6.08 Å². The van der Waals surface area contributed by atoms with E-state index >= 15 is 0 Å². The molecule has 2 unspecified atom stereocenters. The lowest BCUT2D eigenvalue weighted by Crippen LogP contribution is -2.18. The first-order valence-electron chi connectivity index (χ1n) is 3.90. The minimum Gasteiger partial charge on any atom is -0.481 e. The lowest BCUT2D eigenvalue weighted by atomic mass is 9.99. The van der Waals surface area contributed by atoms with E-state index in [1.807, 2.05) is 0 Å². The number of rotatable bonds is 3. The Labute approximate surface area is 75.5 Å². The molecule has 1 N–H and O–H groups in total. The van der Waals surface area contributed by atoms with Crippen molar-refractivity contribution in [2.45, 2.75) is 18.9 Å². The summed E-state index contributed by atoms with van der Waals surface area (Å²) in [5.41, 5.74) is 2.53. The van der Waals surface area contributed by atoms with Gasteiger partial charge in [0.05, 0.1) is 12.8 Å². The molecular formula is C9H10O4. The van der Waals surface area contributed by atoms with Gasteiger partial charge in [0.1, 0.15) is 6.10 Å². The highest BCUT2D eigenvalue weighted by Crippen LogP contribution is 2.25. The van der Waals surface area contributed by atoms with Crippen molar-refractivity contribution in [3.63, 3.8) is 0 Å². The summed E-state index contributed by atoms with van der Waals surface area (Å²) in [4.78, 5) is 21.2. The lowest BCUT2D eigenvalue weighted by Gasteiger charge is -2.10. The summed E-state index contributed by atoms with van der Waals surface area (Å²) in [6.45, 7) is 3.37. The Kier molecular flexibility index (Phi) is 2.88. The highest BCUT2D eigenvalue weighted by molar-refractivity contribution is 5.74. The molecule has 0 aromatic heterocycles. The van der Waals surface area contributed by atoms with Crippen molar-refractivity contribution >= 4 is 11.9 Å². The van der Waals surface area contributed by atoms with Crippen LogP contribution in [0.1, 0.15) is 12.8 Å². The van der Waals surface area contributed by atoms with Gasteiger partial charge < -0.3 is 9.84 Å². The molecule has 1 rings (SSSR count). The van der Waals surface area contributed by atoms with E-state index in [4.69, 9.17) is 9.84 Å². The minimum absolute atomic E-state index is 0.158. The van der Waals surface area contributed by atoms with E-state index < -0.39 is 12.1 Å². The highest BCUT2D eigenvalue weighted by atomic mass is 16.6. The lowest BCUT2D eigenvalue weighted by molar-refractivity contribution is -0.146. The molecule has 0 amide bonds. The largest absolute Gasteiger partial charge is 0.481 e. The zero-order valence-electron chi connectivity index (χ0n) is 7.03. The predicted octanol–water partition coefficient (Wildman–Crippen LogP) is 0.734. The third kappa shape index (κ3) is 2.46. The number of esters is 1. The fourth-order valence-corrected chi connectivity index (χ4v) is 1.31. The maximum absolute atomic E-state index is 10.8. The molecule has 13 heavy (non-hydrogen) atoms. The van der Waals surface area contributed by atoms with Gasteiger partial charge in [-0.2, -0.15) is 0 Å². The second-order valence-electron chi connectivity index (χ2n) is 2.86. The molecule has 0 saturated carbocycles. The van der Waals surface area contributed by atoms with E-state index in [-0.39, 0.29) is 24.7 Å². The van der Waals surface area contributed by atoms with Gasteiger partial charge in [0.15, 0.2) is 0 Å². The molecule has 1 saturated heterocycles. The zero-order valence-corrected chi connectivity index (χ0v) is 7.03. The Morgan fingerprint density at radius 3 is 3.08 bits per heavy atom. The second-order valence-corrected chi connectivity index (χ2v) is 2.86. The molecular weight excluding hydrogens is 172 g/mol. The molecule has 1 aliphatic heterocycles. The van der Waals surface area contributed by atoms with Gasteiger partial charge >= 0.3 is 11.9 Å². The summed E-state index contributed by atoms with van der Waals surface area (Å²) in [6.07, 6.45) is 1.09. The van der Waals surface area contributed by atoms with Gasteiger partial charge in [0.2, 0.25) is 0 Å². The molecule has 4 nitrogen and oxygen atoms in total. The van der Waals surface area contributed by atoms with Gasteiger partial charge in [-0.3, -0.25) is 9.59 Å². The van der Waals surface area contributed by atoms with Crippen molar-refractivity contribution in [2.75, 3.05) is 0 Å². The average Bonchev–Trinajstić information content (AvgIpc) is 2.31. The van der Waals surface area contributed by atoms with Gasteiger partial charge in [-0.15, -0.1) is 5.73 Å². The van der Waals surface area contributed by atoms with Crippen LogP contribution >= 0.6 is 0 Å². The smallest absolute Gasteiger partial charge is 0.307 e. The minimum atomic E-state index is -0.970. The van der Waals surface area contributed by atoms with Crippen molar-refractivity contribution in [3.05, 3.63) is 18.4 Å². The predicted molar refractivity (Wildman–Crippen MR) is 43.9 cm³/mol. The number of hydrogen-bond donors (Lipinski definition) is 1. The number of carboxylic acids is 1. The first-order valence-corrected chi connectivity index (χ1v) is 3.90. The molecule has 1 heterocycles. The second kappa shape index (κ2) is 3.92. The van der Waals surface area contributed by atoms with E-state index in [9.17, 15) is 9.59 Å². The Morgan fingerprint density at radius 2 is 2.54 bits per heavy atom. The number of carbonyl (C=O) groups is 2. The topological polar surface area (TPSA) is 63.6 Å². The summed E-state index contributed by atoms with van der Waals surface area (Å²) in [5, 5.41) is 8.50. The molecule has 0 spiro atoms. The van der Waals surface area contributed by atoms with Crippen molar-refractivity contribution < 1.29 is 19.4 Å². The van der Waals surface area contributed by atoms with Crippen LogP contribution in [-0.4, -0.2) is 23.1 Å². The summed E-state index contributed by atoms with van der Waals surface area (Å²) in [7, 11) is 0. The zero-order chi connectivity index (χ0) is 9.84. The highest BCUT2D eigenvalue weighted by Gasteiger charge is 2.34. The Balaban J connectivity index is 2.65. The van der Waals surface area contributed by atoms with Crippen LogP contribution in [0.25, 0.3) is 0 Å². The van der Waals surface area contributed by atoms with E-state index in [2.05, 4.69) is 12.3 Å². The standard InChI is InChI=1S/C9H10O4/c1-2-3-6-4-9(12)13-7(6)5-8(10)11/h3,6-7H,1,4-5H2,(H,10,11). The number of carboxylic acid groups (broad SMARTS) is 1. The number of cyclic esters (lactones) is 1. The number of carbonyl (C=O) groups excluding carboxylic acids is 1. The quantitative estimate of drug-likeness (QED) is 0.516. The molecule has 0 bridgehead atoms. The van der Waals surface area contributed by atoms with Crippen LogP contribution in [0.3, 0.4) is 0 Å². The van der Waals surface area contributed by atoms with Crippen LogP contribution in [0, 0.1) is 5.92 Å². The van der Waals surface area contributed by atoms with Crippen molar-refractivity contribution in [1.82, 2.24) is 0 Å². The summed E-state index contributed by atoms with van der Waals surface area (Å²) < 4.78 is 4.82. The normalized spacial score (nSPS) is 26.3. The monoisotopic (exact) mass is 182 g/mol. The van der Waals surface area contributed by atoms with E-state index in [1.165, 1.54) is 0 Å². The fraction of sp³-hybridized carbons (Fsp3) is 0.444. The van der Waals surface area contributed by atoms with Crippen molar-refractivity contribution in [1.29, 1.82) is 0 Å². The van der Waals surface area contributed by atoms with E-state index in [0.717, 1.165) is 0 Å². The van der Waals surface area contributed by atoms with Crippen LogP contribution < -0.4 is 0 Å². The van der Waals surface area contributed by atoms with Crippen molar-refractivity contribution in [2.24, 2.45) is 5.92 Å². The fourth-order valence-electron chi connectivity index (χ4n) is 1.31. The number of hydrogen-bond acceptors (Lipinski definition) is 3. The Morgan fingerprint density at radius 1 is 1.85 bits per heavy atom. The van der Waals surface area contributed by atoms with Crippen LogP contribution in [-0.2, 0) is 14.3 Å². The third-order valence-electron chi connectivity index (χ3n) is 1.87. The maximum atomic E-state index is 10.8. The molecule has 4 heteroatoms. The van der Waals surface area contributed by atoms with Gasteiger partial charge in [0, 0.05) is 5.92 Å². The molecule has 0 radical (unpaired) electrons. The van der Waals surface area contributed by atoms with Crippen LogP contribution in [0.15, 0.2) is 18.4 Å². The molecule has 2 atom stereocenters. The maximum Gasteiger partial charge on any atom is 0.307 e. The first kappa shape index (κ1) is 9.55. The van der Waals surface area contributed by atoms with Crippen LogP contribution in [0.2, 0.25) is 0 Å². The molecule has 0 aromatic rings. The number of ether oxygens (including phenoxy) is 1. The van der Waals surface area contributed by atoms with E-state index in [0.29, 0.717) is 0 Å². The third-order valence-corrected chi connectivity index (χ3v) is 1.87. The van der Waals surface area contributed by atoms with Crippen LogP contribution in [0.5, 0.6) is 0 Å². The molecule has 1 fully saturated rings. The summed E-state index contributed by atoms with van der Waals surface area (Å²) >= 11 is 0. The van der Waals surface area contributed by atoms with Crippen LogP contribution in [0.4, 0.5) is 0 Å². The first-order chi connectivity index (χ1) is 6.13.